The van der Waals surface area contributed by atoms with Crippen molar-refractivity contribution in [1.82, 2.24) is 0 Å². The van der Waals surface area contributed by atoms with Gasteiger partial charge in [0.1, 0.15) is 0 Å². The van der Waals surface area contributed by atoms with Crippen LogP contribution in [-0.2, 0) is 0 Å². The Labute approximate surface area is 74.9 Å². The van der Waals surface area contributed by atoms with E-state index in [0.29, 0.717) is 5.71 Å². The van der Waals surface area contributed by atoms with E-state index >= 15 is 0 Å². The van der Waals surface area contributed by atoms with Gasteiger partial charge in [-0.25, -0.2) is 0 Å². The van der Waals surface area contributed by atoms with Crippen LogP contribution in [0.5, 0.6) is 0 Å². The summed E-state index contributed by atoms with van der Waals surface area (Å²) in [7, 11) is 0. The number of benzene rings is 1. The van der Waals surface area contributed by atoms with E-state index in [1.165, 1.54) is 5.56 Å². The molecular weight excluding hydrogens is 146 g/mol. The van der Waals surface area contributed by atoms with E-state index in [-0.39, 0.29) is 0 Å². The molecule has 0 aliphatic heterocycles. The molecule has 0 saturated heterocycles. The van der Waals surface area contributed by atoms with Crippen molar-refractivity contribution in [2.75, 3.05) is 0 Å². The van der Waals surface area contributed by atoms with Gasteiger partial charge in [-0.1, -0.05) is 43.7 Å². The maximum absolute atomic E-state index is 7.31. The van der Waals surface area contributed by atoms with Gasteiger partial charge in [0.15, 0.2) is 0 Å². The summed E-state index contributed by atoms with van der Waals surface area (Å²) in [5.74, 6) is 0. The Morgan fingerprint density at radius 1 is 1.08 bits per heavy atom. The molecular formula is C11H17N. The molecule has 0 aliphatic rings. The molecule has 0 unspecified atom stereocenters. The average Bonchev–Trinajstić information content (AvgIpc) is 2.09. The molecule has 0 radical (unpaired) electrons. The number of nitrogens with one attached hydrogen (secondary N) is 1. The van der Waals surface area contributed by atoms with E-state index in [1.54, 1.807) is 6.92 Å². The van der Waals surface area contributed by atoms with Gasteiger partial charge < -0.3 is 5.41 Å². The molecule has 0 aromatic heterocycles. The van der Waals surface area contributed by atoms with Gasteiger partial charge in [-0.15, -0.1) is 0 Å². The number of rotatable bonds is 1. The zero-order valence-corrected chi connectivity index (χ0v) is 8.31. The first-order valence-electron chi connectivity index (χ1n) is 4.32. The molecule has 1 heteroatoms. The molecule has 0 aliphatic carbocycles. The fourth-order valence-electron chi connectivity index (χ4n) is 0.804. The van der Waals surface area contributed by atoms with Gasteiger partial charge in [-0.2, -0.15) is 0 Å². The van der Waals surface area contributed by atoms with Crippen LogP contribution < -0.4 is 0 Å². The number of hydrogen-bond donors (Lipinski definition) is 1. The highest BCUT2D eigenvalue weighted by Gasteiger charge is 1.91. The second-order valence-electron chi connectivity index (χ2n) is 2.49. The third-order valence-electron chi connectivity index (χ3n) is 1.48. The second kappa shape index (κ2) is 5.53. The normalized spacial score (nSPS) is 8.33. The topological polar surface area (TPSA) is 23.9 Å². The molecule has 0 spiro atoms. The van der Waals surface area contributed by atoms with Crippen molar-refractivity contribution in [2.45, 2.75) is 27.7 Å². The zero-order chi connectivity index (χ0) is 9.56. The lowest BCUT2D eigenvalue weighted by Gasteiger charge is -1.96. The Balaban J connectivity index is 0.000000561. The summed E-state index contributed by atoms with van der Waals surface area (Å²) in [5, 5.41) is 7.31. The molecule has 1 aromatic rings. The first kappa shape index (κ1) is 10.9. The van der Waals surface area contributed by atoms with Crippen molar-refractivity contribution in [2.24, 2.45) is 0 Å². The minimum absolute atomic E-state index is 0.625. The minimum Gasteiger partial charge on any atom is -0.305 e. The first-order chi connectivity index (χ1) is 5.70. The highest BCUT2D eigenvalue weighted by atomic mass is 14.4. The second-order valence-corrected chi connectivity index (χ2v) is 2.49. The summed E-state index contributed by atoms with van der Waals surface area (Å²) in [4.78, 5) is 0. The Morgan fingerprint density at radius 2 is 1.50 bits per heavy atom. The summed E-state index contributed by atoms with van der Waals surface area (Å²) in [5.41, 5.74) is 2.87. The molecule has 0 saturated carbocycles. The molecule has 1 nitrogen and oxygen atoms in total. The van der Waals surface area contributed by atoms with Crippen LogP contribution in [0.25, 0.3) is 0 Å². The molecule has 1 aromatic carbocycles. The minimum atomic E-state index is 0.625. The van der Waals surface area contributed by atoms with E-state index in [9.17, 15) is 0 Å². The fraction of sp³-hybridized carbons (Fsp3) is 0.364. The van der Waals surface area contributed by atoms with Crippen LogP contribution in [0.3, 0.4) is 0 Å². The summed E-state index contributed by atoms with van der Waals surface area (Å²) in [6, 6.07) is 7.98. The Morgan fingerprint density at radius 3 is 1.83 bits per heavy atom. The van der Waals surface area contributed by atoms with E-state index < -0.39 is 0 Å². The Bertz CT molecular complexity index is 234. The largest absolute Gasteiger partial charge is 0.305 e. The van der Waals surface area contributed by atoms with Crippen LogP contribution in [-0.4, -0.2) is 5.71 Å². The van der Waals surface area contributed by atoms with Gasteiger partial charge in [0.25, 0.3) is 0 Å². The first-order valence-corrected chi connectivity index (χ1v) is 4.32. The summed E-state index contributed by atoms with van der Waals surface area (Å²) in [6.45, 7) is 7.84. The molecule has 1 N–H and O–H groups in total. The summed E-state index contributed by atoms with van der Waals surface area (Å²) >= 11 is 0. The lowest BCUT2D eigenvalue weighted by Crippen LogP contribution is -1.90. The third-order valence-corrected chi connectivity index (χ3v) is 1.48. The smallest absolute Gasteiger partial charge is 0.0355 e. The van der Waals surface area contributed by atoms with E-state index in [0.717, 1.165) is 5.56 Å². The highest BCUT2D eigenvalue weighted by Crippen LogP contribution is 2.02. The van der Waals surface area contributed by atoms with Crippen LogP contribution in [0, 0.1) is 12.3 Å². The predicted octanol–water partition coefficient (Wildman–Crippen LogP) is 3.41. The van der Waals surface area contributed by atoms with E-state index in [2.05, 4.69) is 0 Å². The average molecular weight is 163 g/mol. The lowest BCUT2D eigenvalue weighted by atomic mass is 10.1. The van der Waals surface area contributed by atoms with Crippen LogP contribution in [0.1, 0.15) is 31.9 Å². The van der Waals surface area contributed by atoms with Gasteiger partial charge in [0, 0.05) is 5.71 Å². The van der Waals surface area contributed by atoms with Crippen molar-refractivity contribution in [1.29, 1.82) is 5.41 Å². The van der Waals surface area contributed by atoms with E-state index in [1.807, 2.05) is 45.0 Å². The quantitative estimate of drug-likeness (QED) is 0.613. The van der Waals surface area contributed by atoms with Crippen molar-refractivity contribution < 1.29 is 0 Å². The number of hydrogen-bond acceptors (Lipinski definition) is 1. The van der Waals surface area contributed by atoms with Gasteiger partial charge in [-0.3, -0.25) is 0 Å². The monoisotopic (exact) mass is 163 g/mol. The van der Waals surface area contributed by atoms with Crippen molar-refractivity contribution >= 4 is 5.71 Å². The molecule has 12 heavy (non-hydrogen) atoms. The van der Waals surface area contributed by atoms with Crippen LogP contribution in [0.15, 0.2) is 24.3 Å². The Kier molecular flexibility index (Phi) is 5.02. The fourth-order valence-corrected chi connectivity index (χ4v) is 0.804. The molecule has 0 amide bonds. The van der Waals surface area contributed by atoms with Gasteiger partial charge in [-0.05, 0) is 19.4 Å². The lowest BCUT2D eigenvalue weighted by molar-refractivity contribution is 1.42. The number of aryl methyl sites for hydroxylation is 1. The van der Waals surface area contributed by atoms with Crippen LogP contribution in [0.2, 0.25) is 0 Å². The van der Waals surface area contributed by atoms with Gasteiger partial charge >= 0.3 is 0 Å². The Hall–Kier alpha value is -1.11. The van der Waals surface area contributed by atoms with Crippen LogP contribution in [0.4, 0.5) is 0 Å². The molecule has 0 bridgehead atoms. The van der Waals surface area contributed by atoms with Crippen molar-refractivity contribution in [3.8, 4) is 0 Å². The standard InChI is InChI=1S/C9H11N.C2H6/c1-7-3-5-9(6-4-7)8(2)10;1-2/h3-6,10H,1-2H3;1-2H3. The van der Waals surface area contributed by atoms with Crippen molar-refractivity contribution in [3.63, 3.8) is 0 Å². The maximum Gasteiger partial charge on any atom is 0.0355 e. The molecule has 1 rings (SSSR count). The SMILES string of the molecule is CC.CC(=N)c1ccc(C)cc1. The summed E-state index contributed by atoms with van der Waals surface area (Å²) in [6.07, 6.45) is 0. The molecule has 0 heterocycles. The molecule has 0 atom stereocenters. The maximum atomic E-state index is 7.31. The zero-order valence-electron chi connectivity index (χ0n) is 8.31. The highest BCUT2D eigenvalue weighted by molar-refractivity contribution is 5.96. The van der Waals surface area contributed by atoms with E-state index in [4.69, 9.17) is 5.41 Å². The molecule has 0 fully saturated rings. The summed E-state index contributed by atoms with van der Waals surface area (Å²) < 4.78 is 0. The van der Waals surface area contributed by atoms with Gasteiger partial charge in [0.2, 0.25) is 0 Å². The van der Waals surface area contributed by atoms with Crippen molar-refractivity contribution in [3.05, 3.63) is 35.4 Å². The predicted molar refractivity (Wildman–Crippen MR) is 55.0 cm³/mol. The molecule has 66 valence electrons. The van der Waals surface area contributed by atoms with Gasteiger partial charge in [0.05, 0.1) is 0 Å². The third kappa shape index (κ3) is 3.33. The van der Waals surface area contributed by atoms with Crippen LogP contribution >= 0.6 is 0 Å².